The summed E-state index contributed by atoms with van der Waals surface area (Å²) in [5.41, 5.74) is 1.84. The maximum Gasteiger partial charge on any atom is 0.152 e. The molecule has 31 heavy (non-hydrogen) atoms. The maximum absolute atomic E-state index is 12.6. The zero-order valence-electron chi connectivity index (χ0n) is 17.2. The molecule has 1 aliphatic rings. The second kappa shape index (κ2) is 8.59. The van der Waals surface area contributed by atoms with E-state index in [-0.39, 0.29) is 12.3 Å². The Morgan fingerprint density at radius 2 is 2.06 bits per heavy atom. The number of para-hydroxylation sites is 1. The lowest BCUT2D eigenvalue weighted by Crippen LogP contribution is -2.37. The number of hydrogen-bond donors (Lipinski definition) is 2. The van der Waals surface area contributed by atoms with Gasteiger partial charge in [0.05, 0.1) is 17.6 Å². The van der Waals surface area contributed by atoms with Crippen LogP contribution in [0.4, 0.5) is 11.6 Å². The van der Waals surface area contributed by atoms with Crippen LogP contribution in [0.2, 0.25) is 0 Å². The lowest BCUT2D eigenvalue weighted by atomic mass is 9.92. The minimum absolute atomic E-state index is 0.204. The zero-order valence-corrected chi connectivity index (χ0v) is 17.2. The SMILES string of the molecule is O=C(CNc1ccn(-c2ccccc2)n1)CC1CCCN(c2ncnc3[nH]ccc23)C1. The van der Waals surface area contributed by atoms with Crippen LogP contribution in [0, 0.1) is 5.92 Å². The van der Waals surface area contributed by atoms with Gasteiger partial charge in [-0.05, 0) is 37.0 Å². The van der Waals surface area contributed by atoms with Gasteiger partial charge in [-0.3, -0.25) is 4.79 Å². The van der Waals surface area contributed by atoms with Crippen molar-refractivity contribution in [2.45, 2.75) is 19.3 Å². The van der Waals surface area contributed by atoms with Crippen molar-refractivity contribution in [3.05, 3.63) is 61.2 Å². The number of aromatic nitrogens is 5. The number of aromatic amines is 1. The summed E-state index contributed by atoms with van der Waals surface area (Å²) in [6.45, 7) is 2.08. The van der Waals surface area contributed by atoms with Crippen LogP contribution in [-0.2, 0) is 4.79 Å². The quantitative estimate of drug-likeness (QED) is 0.480. The number of rotatable bonds is 7. The third-order valence-electron chi connectivity index (χ3n) is 5.74. The predicted molar refractivity (Wildman–Crippen MR) is 121 cm³/mol. The summed E-state index contributed by atoms with van der Waals surface area (Å²) in [6.07, 6.45) is 8.06. The molecule has 3 aromatic heterocycles. The van der Waals surface area contributed by atoms with Gasteiger partial charge in [0.1, 0.15) is 23.6 Å². The molecule has 0 aliphatic carbocycles. The average Bonchev–Trinajstić information content (AvgIpc) is 3.48. The van der Waals surface area contributed by atoms with Gasteiger partial charge in [-0.1, -0.05) is 18.2 Å². The Morgan fingerprint density at radius 1 is 1.16 bits per heavy atom. The summed E-state index contributed by atoms with van der Waals surface area (Å²) in [5, 5.41) is 8.70. The van der Waals surface area contributed by atoms with E-state index in [1.165, 1.54) is 0 Å². The number of nitrogens with one attached hydrogen (secondary N) is 2. The molecule has 0 spiro atoms. The Morgan fingerprint density at radius 3 is 2.97 bits per heavy atom. The summed E-state index contributed by atoms with van der Waals surface area (Å²) in [7, 11) is 0. The average molecular weight is 416 g/mol. The number of Topliss-reactive ketones (excluding diaryl/α,β-unsaturated/α-hetero) is 1. The summed E-state index contributed by atoms with van der Waals surface area (Å²) < 4.78 is 1.80. The fraction of sp³-hybridized carbons (Fsp3) is 0.304. The molecule has 1 aliphatic heterocycles. The van der Waals surface area contributed by atoms with Gasteiger partial charge in [0.2, 0.25) is 0 Å². The van der Waals surface area contributed by atoms with Crippen molar-refractivity contribution in [2.75, 3.05) is 29.9 Å². The van der Waals surface area contributed by atoms with E-state index in [2.05, 4.69) is 30.3 Å². The maximum atomic E-state index is 12.6. The number of nitrogens with zero attached hydrogens (tertiary/aromatic N) is 5. The van der Waals surface area contributed by atoms with Crippen LogP contribution in [-0.4, -0.2) is 50.1 Å². The molecule has 1 saturated heterocycles. The highest BCUT2D eigenvalue weighted by molar-refractivity contribution is 5.87. The predicted octanol–water partition coefficient (Wildman–Crippen LogP) is 3.43. The summed E-state index contributed by atoms with van der Waals surface area (Å²) in [5.74, 6) is 2.19. The molecule has 2 N–H and O–H groups in total. The van der Waals surface area contributed by atoms with Gasteiger partial charge in [-0.15, -0.1) is 0 Å². The highest BCUT2D eigenvalue weighted by atomic mass is 16.1. The zero-order chi connectivity index (χ0) is 21.0. The first kappa shape index (κ1) is 19.3. The molecular weight excluding hydrogens is 390 g/mol. The van der Waals surface area contributed by atoms with Gasteiger partial charge >= 0.3 is 0 Å². The lowest BCUT2D eigenvalue weighted by Gasteiger charge is -2.33. The largest absolute Gasteiger partial charge is 0.362 e. The Kier molecular flexibility index (Phi) is 5.35. The molecule has 1 atom stereocenters. The van der Waals surface area contributed by atoms with Crippen molar-refractivity contribution in [2.24, 2.45) is 5.92 Å². The molecule has 8 nitrogen and oxygen atoms in total. The summed E-state index contributed by atoms with van der Waals surface area (Å²) >= 11 is 0. The van der Waals surface area contributed by atoms with E-state index in [0.29, 0.717) is 18.2 Å². The first-order valence-electron chi connectivity index (χ1n) is 10.7. The van der Waals surface area contributed by atoms with Crippen LogP contribution < -0.4 is 10.2 Å². The van der Waals surface area contributed by atoms with Gasteiger partial charge in [-0.25, -0.2) is 14.6 Å². The van der Waals surface area contributed by atoms with Gasteiger partial charge in [-0.2, -0.15) is 5.10 Å². The first-order chi connectivity index (χ1) is 15.3. The van der Waals surface area contributed by atoms with E-state index in [9.17, 15) is 4.79 Å². The Hall–Kier alpha value is -3.68. The number of piperidine rings is 1. The molecule has 158 valence electrons. The Balaban J connectivity index is 1.16. The van der Waals surface area contributed by atoms with Crippen molar-refractivity contribution in [3.63, 3.8) is 0 Å². The minimum atomic E-state index is 0.204. The Labute approximate surface area is 180 Å². The number of ketones is 1. The van der Waals surface area contributed by atoms with Gasteiger partial charge in [0, 0.05) is 38.0 Å². The highest BCUT2D eigenvalue weighted by Gasteiger charge is 2.24. The lowest BCUT2D eigenvalue weighted by molar-refractivity contribution is -0.118. The third kappa shape index (κ3) is 4.28. The number of fused-ring (bicyclic) bond motifs is 1. The van der Waals surface area contributed by atoms with Gasteiger partial charge < -0.3 is 15.2 Å². The van der Waals surface area contributed by atoms with Crippen LogP contribution in [0.25, 0.3) is 16.7 Å². The molecular formula is C23H25N7O. The van der Waals surface area contributed by atoms with E-state index in [1.54, 1.807) is 11.0 Å². The van der Waals surface area contributed by atoms with E-state index in [4.69, 9.17) is 0 Å². The van der Waals surface area contributed by atoms with E-state index < -0.39 is 0 Å². The van der Waals surface area contributed by atoms with Crippen LogP contribution in [0.1, 0.15) is 19.3 Å². The molecule has 5 rings (SSSR count). The molecule has 0 radical (unpaired) electrons. The van der Waals surface area contributed by atoms with Crippen molar-refractivity contribution in [3.8, 4) is 5.69 Å². The van der Waals surface area contributed by atoms with Crippen molar-refractivity contribution < 1.29 is 4.79 Å². The van der Waals surface area contributed by atoms with Crippen molar-refractivity contribution in [1.82, 2.24) is 24.7 Å². The van der Waals surface area contributed by atoms with E-state index >= 15 is 0 Å². The van der Waals surface area contributed by atoms with Crippen molar-refractivity contribution >= 4 is 28.5 Å². The molecule has 1 fully saturated rings. The molecule has 8 heteroatoms. The molecule has 0 saturated carbocycles. The first-order valence-corrected chi connectivity index (χ1v) is 10.7. The minimum Gasteiger partial charge on any atom is -0.362 e. The molecule has 0 amide bonds. The smallest absolute Gasteiger partial charge is 0.152 e. The monoisotopic (exact) mass is 415 g/mol. The Bertz CT molecular complexity index is 1170. The fourth-order valence-electron chi connectivity index (χ4n) is 4.26. The molecule has 4 aromatic rings. The molecule has 1 aromatic carbocycles. The van der Waals surface area contributed by atoms with E-state index in [0.717, 1.165) is 48.5 Å². The van der Waals surface area contributed by atoms with E-state index in [1.807, 2.05) is 54.9 Å². The standard InChI is InChI=1S/C23H25N7O/c31-19(14-25-21-9-12-30(28-21)18-6-2-1-3-7-18)13-17-5-4-11-29(15-17)23-20-8-10-24-22(20)26-16-27-23/h1-3,6-10,12,16-17H,4-5,11,13-15H2,(H,25,28)(H,24,26,27). The number of benzene rings is 1. The third-order valence-corrected chi connectivity index (χ3v) is 5.74. The number of carbonyl (C=O) groups excluding carboxylic acids is 1. The summed E-state index contributed by atoms with van der Waals surface area (Å²) in [6, 6.07) is 13.8. The topological polar surface area (TPSA) is 91.7 Å². The van der Waals surface area contributed by atoms with Crippen LogP contribution in [0.5, 0.6) is 0 Å². The summed E-state index contributed by atoms with van der Waals surface area (Å²) in [4.78, 5) is 26.8. The second-order valence-electron chi connectivity index (χ2n) is 7.97. The number of H-pyrrole nitrogens is 1. The van der Waals surface area contributed by atoms with Gasteiger partial charge in [0.15, 0.2) is 5.78 Å². The highest BCUT2D eigenvalue weighted by Crippen LogP contribution is 2.28. The van der Waals surface area contributed by atoms with Crippen LogP contribution >= 0.6 is 0 Å². The van der Waals surface area contributed by atoms with Gasteiger partial charge in [0.25, 0.3) is 0 Å². The van der Waals surface area contributed by atoms with Crippen LogP contribution in [0.15, 0.2) is 61.2 Å². The van der Waals surface area contributed by atoms with Crippen molar-refractivity contribution in [1.29, 1.82) is 0 Å². The molecule has 4 heterocycles. The molecule has 0 bridgehead atoms. The van der Waals surface area contributed by atoms with Crippen LogP contribution in [0.3, 0.4) is 0 Å². The second-order valence-corrected chi connectivity index (χ2v) is 7.97. The number of anilines is 2. The normalized spacial score (nSPS) is 16.5. The number of carbonyl (C=O) groups is 1. The molecule has 1 unspecified atom stereocenters. The fourth-order valence-corrected chi connectivity index (χ4v) is 4.26. The number of hydrogen-bond acceptors (Lipinski definition) is 6.